The number of rotatable bonds is 8. The molecule has 0 amide bonds. The molecule has 2 aliphatic rings. The van der Waals surface area contributed by atoms with Gasteiger partial charge in [0.25, 0.3) is 0 Å². The van der Waals surface area contributed by atoms with Crippen LogP contribution < -0.4 is 21.1 Å². The lowest BCUT2D eigenvalue weighted by Crippen LogP contribution is -2.35. The van der Waals surface area contributed by atoms with Crippen molar-refractivity contribution in [3.63, 3.8) is 0 Å². The fraction of sp³-hybridized carbons (Fsp3) is 0.444. The van der Waals surface area contributed by atoms with Crippen LogP contribution in [0, 0.1) is 20.8 Å². The third-order valence-corrected chi connectivity index (χ3v) is 9.46. The van der Waals surface area contributed by atoms with Gasteiger partial charge in [0.1, 0.15) is 0 Å². The highest BCUT2D eigenvalue weighted by Crippen LogP contribution is 2.41. The van der Waals surface area contributed by atoms with Gasteiger partial charge < -0.3 is 10.6 Å². The first-order valence-electron chi connectivity index (χ1n) is 15.1. The second-order valence-corrected chi connectivity index (χ2v) is 12.3. The molecular formula is C36H46N2S. The van der Waals surface area contributed by atoms with Crippen molar-refractivity contribution in [2.75, 3.05) is 24.5 Å². The Kier molecular flexibility index (Phi) is 8.59. The van der Waals surface area contributed by atoms with Crippen LogP contribution in [-0.2, 0) is 25.7 Å². The predicted molar refractivity (Wildman–Crippen MR) is 172 cm³/mol. The average Bonchev–Trinajstić information content (AvgIpc) is 2.93. The van der Waals surface area contributed by atoms with Gasteiger partial charge in [0.05, 0.1) is 0 Å². The van der Waals surface area contributed by atoms with Crippen molar-refractivity contribution >= 4 is 30.5 Å². The summed E-state index contributed by atoms with van der Waals surface area (Å²) < 4.78 is 0. The highest BCUT2D eigenvalue weighted by atomic mass is 32.1. The molecule has 0 aliphatic carbocycles. The minimum atomic E-state index is 0.704. The zero-order valence-electron chi connectivity index (χ0n) is 24.6. The van der Waals surface area contributed by atoms with Gasteiger partial charge in [-0.3, -0.25) is 0 Å². The summed E-state index contributed by atoms with van der Waals surface area (Å²) in [6, 6.07) is 11.7. The van der Waals surface area contributed by atoms with E-state index in [2.05, 4.69) is 82.1 Å². The van der Waals surface area contributed by atoms with Crippen molar-refractivity contribution in [1.82, 2.24) is 0 Å². The number of anilines is 1. The Morgan fingerprint density at radius 3 is 2.44 bits per heavy atom. The third-order valence-electron chi connectivity index (χ3n) is 9.19. The second-order valence-electron chi connectivity index (χ2n) is 11.8. The van der Waals surface area contributed by atoms with Crippen molar-refractivity contribution in [2.45, 2.75) is 90.4 Å². The summed E-state index contributed by atoms with van der Waals surface area (Å²) in [6.45, 7) is 17.0. The van der Waals surface area contributed by atoms with Crippen LogP contribution in [0.25, 0.3) is 12.2 Å². The van der Waals surface area contributed by atoms with Crippen LogP contribution in [0.4, 0.5) is 5.69 Å². The maximum absolute atomic E-state index is 5.99. The number of hydrogen-bond acceptors (Lipinski definition) is 3. The molecule has 0 unspecified atom stereocenters. The normalized spacial score (nSPS) is 15.4. The molecule has 39 heavy (non-hydrogen) atoms. The third kappa shape index (κ3) is 5.33. The van der Waals surface area contributed by atoms with Crippen molar-refractivity contribution in [3.8, 4) is 0 Å². The summed E-state index contributed by atoms with van der Waals surface area (Å²) in [4.78, 5) is 3.67. The van der Waals surface area contributed by atoms with Crippen molar-refractivity contribution in [1.29, 1.82) is 0 Å². The number of nitrogens with two attached hydrogens (primary N) is 1. The Balaban J connectivity index is 1.91. The quantitative estimate of drug-likeness (QED) is 0.321. The topological polar surface area (TPSA) is 29.3 Å². The monoisotopic (exact) mass is 538 g/mol. The largest absolute Gasteiger partial charge is 0.371 e. The lowest BCUT2D eigenvalue weighted by atomic mass is 9.80. The van der Waals surface area contributed by atoms with Gasteiger partial charge >= 0.3 is 0 Å². The van der Waals surface area contributed by atoms with Crippen molar-refractivity contribution in [2.24, 2.45) is 5.73 Å². The molecule has 206 valence electrons. The van der Waals surface area contributed by atoms with E-state index in [0.717, 1.165) is 24.2 Å². The smallest absolute Gasteiger partial charge is 0.0434 e. The lowest BCUT2D eigenvalue weighted by Gasteiger charge is -2.38. The van der Waals surface area contributed by atoms with Gasteiger partial charge in [-0.2, -0.15) is 0 Å². The van der Waals surface area contributed by atoms with Crippen LogP contribution in [0.15, 0.2) is 35.2 Å². The summed E-state index contributed by atoms with van der Waals surface area (Å²) in [5.74, 6) is 0. The van der Waals surface area contributed by atoms with E-state index < -0.39 is 0 Å². The summed E-state index contributed by atoms with van der Waals surface area (Å²) in [6.07, 6.45) is 10.3. The SMILES string of the molecule is C=c1c(CCCN)c/c(=C(\c2ccc(S)cc2C)c2cc3c4c(c2C)CCCN4CCC3)c(C)c1CCCC. The predicted octanol–water partition coefficient (Wildman–Crippen LogP) is 6.49. The molecular weight excluding hydrogens is 492 g/mol. The van der Waals surface area contributed by atoms with Crippen LogP contribution in [0.1, 0.15) is 89.1 Å². The van der Waals surface area contributed by atoms with Gasteiger partial charge in [-0.1, -0.05) is 32.1 Å². The molecule has 2 nitrogen and oxygen atoms in total. The minimum Gasteiger partial charge on any atom is -0.371 e. The van der Waals surface area contributed by atoms with E-state index in [1.807, 2.05) is 0 Å². The zero-order chi connectivity index (χ0) is 27.7. The number of hydrogen-bond donors (Lipinski definition) is 2. The Labute approximate surface area is 241 Å². The van der Waals surface area contributed by atoms with Crippen LogP contribution in [0.2, 0.25) is 0 Å². The van der Waals surface area contributed by atoms with Crippen LogP contribution >= 0.6 is 12.6 Å². The van der Waals surface area contributed by atoms with Crippen LogP contribution in [0.5, 0.6) is 0 Å². The molecule has 0 saturated carbocycles. The maximum atomic E-state index is 5.99. The van der Waals surface area contributed by atoms with Crippen LogP contribution in [0.3, 0.4) is 0 Å². The molecule has 0 aromatic heterocycles. The lowest BCUT2D eigenvalue weighted by molar-refractivity contribution is 0.632. The number of aryl methyl sites for hydroxylation is 3. The van der Waals surface area contributed by atoms with E-state index in [9.17, 15) is 0 Å². The molecule has 2 N–H and O–H groups in total. The molecule has 3 aromatic rings. The Hall–Kier alpha value is -2.49. The molecule has 5 rings (SSSR count). The van der Waals surface area contributed by atoms with Gasteiger partial charge in [0, 0.05) is 23.7 Å². The summed E-state index contributed by atoms with van der Waals surface area (Å²) in [5.41, 5.74) is 21.7. The number of thiol groups is 1. The summed E-state index contributed by atoms with van der Waals surface area (Å²) in [7, 11) is 0. The number of nitrogens with zero attached hydrogens (tertiary/aromatic N) is 1. The zero-order valence-corrected chi connectivity index (χ0v) is 25.4. The highest BCUT2D eigenvalue weighted by molar-refractivity contribution is 7.80. The second kappa shape index (κ2) is 11.9. The summed E-state index contributed by atoms with van der Waals surface area (Å²) in [5, 5.41) is 2.60. The molecule has 2 heterocycles. The number of benzene rings is 3. The van der Waals surface area contributed by atoms with Crippen LogP contribution in [-0.4, -0.2) is 19.6 Å². The van der Waals surface area contributed by atoms with Gasteiger partial charge in [-0.05, 0) is 163 Å². The fourth-order valence-electron chi connectivity index (χ4n) is 7.06. The molecule has 0 fully saturated rings. The molecule has 3 heteroatoms. The Morgan fingerprint density at radius 2 is 1.72 bits per heavy atom. The van der Waals surface area contributed by atoms with E-state index in [4.69, 9.17) is 5.73 Å². The first-order valence-corrected chi connectivity index (χ1v) is 15.6. The average molecular weight is 539 g/mol. The standard InChI is InChI=1S/C36H46N2S/c1-6-7-13-31-24(3)27(11-8-17-37)21-33(25(31)4)35(30-16-15-29(39)20-23(30)2)34-22-28-12-9-18-38-19-10-14-32(26(34)5)36(28)38/h15-16,20-22,39H,3,6-14,17-19,37H2,1-2,4-5H3/b35-33-. The number of unbranched alkanes of at least 4 members (excludes halogenated alkanes) is 1. The Morgan fingerprint density at radius 1 is 0.949 bits per heavy atom. The summed E-state index contributed by atoms with van der Waals surface area (Å²) >= 11 is 4.69. The van der Waals surface area contributed by atoms with Gasteiger partial charge in [-0.25, -0.2) is 0 Å². The Bertz CT molecular complexity index is 1500. The fourth-order valence-corrected chi connectivity index (χ4v) is 7.33. The van der Waals surface area contributed by atoms with E-state index >= 15 is 0 Å². The first kappa shape index (κ1) is 28.1. The molecule has 3 aromatic carbocycles. The first-order chi connectivity index (χ1) is 18.8. The van der Waals surface area contributed by atoms with E-state index in [1.165, 1.54) is 107 Å². The minimum absolute atomic E-state index is 0.704. The van der Waals surface area contributed by atoms with Crippen molar-refractivity contribution < 1.29 is 0 Å². The molecule has 0 spiro atoms. The maximum Gasteiger partial charge on any atom is 0.0434 e. The van der Waals surface area contributed by atoms with E-state index in [-0.39, 0.29) is 0 Å². The van der Waals surface area contributed by atoms with Gasteiger partial charge in [0.2, 0.25) is 0 Å². The molecule has 0 radical (unpaired) electrons. The molecule has 0 saturated heterocycles. The van der Waals surface area contributed by atoms with Crippen molar-refractivity contribution in [3.05, 3.63) is 90.8 Å². The molecule has 2 aliphatic heterocycles. The molecule has 0 bridgehead atoms. The van der Waals surface area contributed by atoms with Gasteiger partial charge in [-0.15, -0.1) is 12.6 Å². The van der Waals surface area contributed by atoms with Gasteiger partial charge in [0.15, 0.2) is 0 Å². The van der Waals surface area contributed by atoms with E-state index in [1.54, 1.807) is 16.8 Å². The highest BCUT2D eigenvalue weighted by Gasteiger charge is 2.28. The van der Waals surface area contributed by atoms with E-state index in [0.29, 0.717) is 6.54 Å². The molecule has 0 atom stereocenters.